The van der Waals surface area contributed by atoms with E-state index in [1.165, 1.54) is 0 Å². The Morgan fingerprint density at radius 1 is 1.22 bits per heavy atom. The minimum absolute atomic E-state index is 0.157. The molecule has 4 N–H and O–H groups in total. The topological polar surface area (TPSA) is 104 Å². The van der Waals surface area contributed by atoms with Crippen molar-refractivity contribution in [3.05, 3.63) is 35.9 Å². The van der Waals surface area contributed by atoms with Crippen molar-refractivity contribution in [1.82, 2.24) is 5.06 Å². The number of hydroxylamine groups is 2. The minimum Gasteiger partial charge on any atom is -0.394 e. The van der Waals surface area contributed by atoms with Crippen LogP contribution in [-0.2, 0) is 16.0 Å². The van der Waals surface area contributed by atoms with E-state index in [0.29, 0.717) is 17.9 Å². The number of benzene rings is 1. The van der Waals surface area contributed by atoms with Gasteiger partial charge in [-0.25, -0.2) is 5.06 Å². The van der Waals surface area contributed by atoms with Crippen LogP contribution in [-0.4, -0.2) is 39.8 Å². The van der Waals surface area contributed by atoms with Gasteiger partial charge in [0.25, 0.3) is 0 Å². The Morgan fingerprint density at radius 3 is 2.30 bits per heavy atom. The van der Waals surface area contributed by atoms with Gasteiger partial charge in [0.1, 0.15) is 0 Å². The van der Waals surface area contributed by atoms with Crippen LogP contribution < -0.4 is 5.73 Å². The van der Waals surface area contributed by atoms with Gasteiger partial charge < -0.3 is 10.8 Å². The molecule has 0 heterocycles. The second-order valence-electron chi connectivity index (χ2n) is 6.20. The first kappa shape index (κ1) is 19.1. The van der Waals surface area contributed by atoms with Gasteiger partial charge in [0.2, 0.25) is 11.8 Å². The van der Waals surface area contributed by atoms with Crippen LogP contribution in [0.25, 0.3) is 0 Å². The van der Waals surface area contributed by atoms with E-state index in [0.717, 1.165) is 5.56 Å². The first-order valence-electron chi connectivity index (χ1n) is 7.80. The molecular formula is C17H26N2O4. The lowest BCUT2D eigenvalue weighted by atomic mass is 9.93. The molecule has 128 valence electrons. The van der Waals surface area contributed by atoms with Crippen molar-refractivity contribution in [3.8, 4) is 0 Å². The molecule has 0 aromatic heterocycles. The first-order chi connectivity index (χ1) is 10.8. The molecule has 0 aliphatic rings. The molecule has 0 aliphatic heterocycles. The van der Waals surface area contributed by atoms with Crippen molar-refractivity contribution in [2.24, 2.45) is 17.6 Å². The zero-order chi connectivity index (χ0) is 17.4. The van der Waals surface area contributed by atoms with Crippen LogP contribution in [0.5, 0.6) is 0 Å². The van der Waals surface area contributed by atoms with Gasteiger partial charge >= 0.3 is 0 Å². The molecule has 1 aromatic rings. The summed E-state index contributed by atoms with van der Waals surface area (Å²) >= 11 is 0. The smallest absolute Gasteiger partial charge is 0.247 e. The molecule has 0 bridgehead atoms. The maximum absolute atomic E-state index is 12.2. The summed E-state index contributed by atoms with van der Waals surface area (Å²) in [6.07, 6.45) is 0.650. The van der Waals surface area contributed by atoms with Crippen molar-refractivity contribution in [2.75, 3.05) is 6.61 Å². The normalized spacial score (nSPS) is 13.6. The van der Waals surface area contributed by atoms with Crippen molar-refractivity contribution in [2.45, 2.75) is 39.2 Å². The molecule has 0 spiro atoms. The van der Waals surface area contributed by atoms with Gasteiger partial charge in [-0.05, 0) is 24.3 Å². The number of carbonyl (C=O) groups is 2. The largest absolute Gasteiger partial charge is 0.394 e. The highest BCUT2D eigenvalue weighted by Crippen LogP contribution is 2.17. The van der Waals surface area contributed by atoms with Gasteiger partial charge in [-0.3, -0.25) is 14.8 Å². The summed E-state index contributed by atoms with van der Waals surface area (Å²) in [7, 11) is 0. The second-order valence-corrected chi connectivity index (χ2v) is 6.20. The van der Waals surface area contributed by atoms with E-state index < -0.39 is 23.8 Å². The number of rotatable bonds is 9. The summed E-state index contributed by atoms with van der Waals surface area (Å²) in [5, 5.41) is 20.1. The number of carbonyl (C=O) groups excluding carboxylic acids is 2. The Kier molecular flexibility index (Phi) is 7.71. The fraction of sp³-hybridized carbons (Fsp3) is 0.529. The summed E-state index contributed by atoms with van der Waals surface area (Å²) in [6.45, 7) is 3.49. The molecule has 0 aliphatic carbocycles. The van der Waals surface area contributed by atoms with Gasteiger partial charge in [0.15, 0.2) is 0 Å². The van der Waals surface area contributed by atoms with Crippen LogP contribution in [0.15, 0.2) is 30.3 Å². The standard InChI is InChI=1S/C17H26N2O4/c1-12(2)8-14(17(18)22)10-16(21)19(23)15(11-20)9-13-6-4-3-5-7-13/h3-7,12,14-15,20,23H,8-11H2,1-2H3,(H2,18,22). The molecule has 0 radical (unpaired) electrons. The van der Waals surface area contributed by atoms with Crippen LogP contribution in [0, 0.1) is 11.8 Å². The quantitative estimate of drug-likeness (QED) is 0.471. The van der Waals surface area contributed by atoms with E-state index in [4.69, 9.17) is 5.73 Å². The second kappa shape index (κ2) is 9.27. The summed E-state index contributed by atoms with van der Waals surface area (Å²) in [5.41, 5.74) is 6.22. The average Bonchev–Trinajstić information content (AvgIpc) is 2.51. The molecule has 2 amide bonds. The number of primary amides is 1. The lowest BCUT2D eigenvalue weighted by Gasteiger charge is -2.26. The molecule has 6 heteroatoms. The Bertz CT molecular complexity index is 505. The van der Waals surface area contributed by atoms with Gasteiger partial charge in [-0.15, -0.1) is 0 Å². The Hall–Kier alpha value is -1.92. The highest BCUT2D eigenvalue weighted by atomic mass is 16.5. The molecule has 0 fully saturated rings. The third-order valence-corrected chi connectivity index (χ3v) is 3.71. The predicted molar refractivity (Wildman–Crippen MR) is 86.4 cm³/mol. The number of nitrogens with zero attached hydrogens (tertiary/aromatic N) is 1. The number of amides is 2. The van der Waals surface area contributed by atoms with Crippen LogP contribution in [0.4, 0.5) is 0 Å². The fourth-order valence-electron chi connectivity index (χ4n) is 2.49. The van der Waals surface area contributed by atoms with Crippen molar-refractivity contribution in [3.63, 3.8) is 0 Å². The van der Waals surface area contributed by atoms with Gasteiger partial charge in [-0.1, -0.05) is 44.2 Å². The summed E-state index contributed by atoms with van der Waals surface area (Å²) in [4.78, 5) is 23.6. The van der Waals surface area contributed by atoms with E-state index in [9.17, 15) is 19.9 Å². The number of hydrogen-bond donors (Lipinski definition) is 3. The van der Waals surface area contributed by atoms with E-state index >= 15 is 0 Å². The minimum atomic E-state index is -0.752. The third-order valence-electron chi connectivity index (χ3n) is 3.71. The average molecular weight is 322 g/mol. The zero-order valence-corrected chi connectivity index (χ0v) is 13.7. The monoisotopic (exact) mass is 322 g/mol. The van der Waals surface area contributed by atoms with Gasteiger partial charge in [0.05, 0.1) is 12.6 Å². The summed E-state index contributed by atoms with van der Waals surface area (Å²) < 4.78 is 0. The molecule has 23 heavy (non-hydrogen) atoms. The Morgan fingerprint density at radius 2 is 1.83 bits per heavy atom. The zero-order valence-electron chi connectivity index (χ0n) is 13.7. The molecule has 2 atom stereocenters. The van der Waals surface area contributed by atoms with Crippen molar-refractivity contribution >= 4 is 11.8 Å². The number of aliphatic hydroxyl groups excluding tert-OH is 1. The van der Waals surface area contributed by atoms with Crippen LogP contribution >= 0.6 is 0 Å². The molecule has 0 saturated heterocycles. The lowest BCUT2D eigenvalue weighted by molar-refractivity contribution is -0.180. The number of aliphatic hydroxyl groups is 1. The number of hydrogen-bond acceptors (Lipinski definition) is 4. The van der Waals surface area contributed by atoms with Crippen LogP contribution in [0.3, 0.4) is 0 Å². The molecule has 1 rings (SSSR count). The van der Waals surface area contributed by atoms with E-state index in [-0.39, 0.29) is 18.9 Å². The molecule has 6 nitrogen and oxygen atoms in total. The van der Waals surface area contributed by atoms with Crippen molar-refractivity contribution in [1.29, 1.82) is 0 Å². The third kappa shape index (κ3) is 6.38. The molecule has 0 saturated carbocycles. The maximum atomic E-state index is 12.2. The van der Waals surface area contributed by atoms with Crippen LogP contribution in [0.2, 0.25) is 0 Å². The molecule has 2 unspecified atom stereocenters. The van der Waals surface area contributed by atoms with E-state index in [1.54, 1.807) is 0 Å². The van der Waals surface area contributed by atoms with Gasteiger partial charge in [-0.2, -0.15) is 0 Å². The first-order valence-corrected chi connectivity index (χ1v) is 7.80. The molecule has 1 aromatic carbocycles. The van der Waals surface area contributed by atoms with Gasteiger partial charge in [0, 0.05) is 12.3 Å². The predicted octanol–water partition coefficient (Wildman–Crippen LogP) is 1.35. The lowest BCUT2D eigenvalue weighted by Crippen LogP contribution is -2.43. The number of nitrogens with two attached hydrogens (primary N) is 1. The fourth-order valence-corrected chi connectivity index (χ4v) is 2.49. The van der Waals surface area contributed by atoms with E-state index in [2.05, 4.69) is 0 Å². The van der Waals surface area contributed by atoms with E-state index in [1.807, 2.05) is 44.2 Å². The Balaban J connectivity index is 2.70. The summed E-state index contributed by atoms with van der Waals surface area (Å²) in [6, 6.07) is 8.51. The van der Waals surface area contributed by atoms with Crippen molar-refractivity contribution < 1.29 is 19.9 Å². The highest BCUT2D eigenvalue weighted by Gasteiger charge is 2.27. The Labute approximate surface area is 136 Å². The summed E-state index contributed by atoms with van der Waals surface area (Å²) in [5.74, 6) is -1.56. The van der Waals surface area contributed by atoms with Crippen LogP contribution in [0.1, 0.15) is 32.3 Å². The molecular weight excluding hydrogens is 296 g/mol. The maximum Gasteiger partial charge on any atom is 0.247 e. The highest BCUT2D eigenvalue weighted by molar-refractivity contribution is 5.84. The SMILES string of the molecule is CC(C)CC(CC(=O)N(O)C(CO)Cc1ccccc1)C(N)=O.